The zero-order valence-electron chi connectivity index (χ0n) is 9.24. The molecule has 0 N–H and O–H groups in total. The summed E-state index contributed by atoms with van der Waals surface area (Å²) in [7, 11) is 0. The molecule has 0 spiro atoms. The van der Waals surface area contributed by atoms with Crippen molar-refractivity contribution >= 4 is 5.78 Å². The number of Topliss-reactive ketones (excluding diaryl/α,β-unsaturated/α-hetero) is 1. The predicted molar refractivity (Wildman–Crippen MR) is 61.1 cm³/mol. The Morgan fingerprint density at radius 2 is 1.80 bits per heavy atom. The van der Waals surface area contributed by atoms with Crippen LogP contribution in [-0.4, -0.2) is 19.0 Å². The van der Waals surface area contributed by atoms with Crippen molar-refractivity contribution in [2.75, 3.05) is 13.2 Å². The molecule has 1 aromatic rings. The van der Waals surface area contributed by atoms with Gasteiger partial charge in [0.1, 0.15) is 0 Å². The van der Waals surface area contributed by atoms with Crippen LogP contribution in [-0.2, 0) is 4.74 Å². The molecule has 2 heteroatoms. The third kappa shape index (κ3) is 4.75. The van der Waals surface area contributed by atoms with Gasteiger partial charge in [-0.2, -0.15) is 0 Å². The van der Waals surface area contributed by atoms with Gasteiger partial charge in [-0.15, -0.1) is 0 Å². The van der Waals surface area contributed by atoms with Gasteiger partial charge in [-0.3, -0.25) is 4.79 Å². The lowest BCUT2D eigenvalue weighted by molar-refractivity contribution is 0.0988. The Balaban J connectivity index is 0.000000187. The Bertz CT molecular complexity index is 268. The van der Waals surface area contributed by atoms with Crippen molar-refractivity contribution < 1.29 is 9.53 Å². The molecule has 0 aliphatic carbocycles. The van der Waals surface area contributed by atoms with Crippen molar-refractivity contribution in [3.63, 3.8) is 0 Å². The third-order valence-electron chi connectivity index (χ3n) is 2.24. The summed E-state index contributed by atoms with van der Waals surface area (Å²) in [4.78, 5) is 11.0. The molecule has 1 aliphatic rings. The number of carbonyl (C=O) groups is 1. The minimum absolute atomic E-state index is 0.209. The van der Waals surface area contributed by atoms with Crippen LogP contribution >= 0.6 is 0 Å². The van der Waals surface area contributed by atoms with Crippen LogP contribution in [0.5, 0.6) is 0 Å². The Kier molecular flexibility index (Phi) is 5.71. The summed E-state index contributed by atoms with van der Waals surface area (Å²) in [6.45, 7) is 3.87. The molecule has 0 radical (unpaired) electrons. The zero-order chi connectivity index (χ0) is 10.9. The quantitative estimate of drug-likeness (QED) is 0.695. The smallest absolute Gasteiger partial charge is 0.162 e. The normalized spacial score (nSPS) is 14.2. The molecule has 15 heavy (non-hydrogen) atoms. The standard InChI is InChI=1S/C9H10O.C4H8O/c1-2-9(10)8-6-4-3-5-7-8;1-2-4-5-3-1/h3-7H,2H2,1H3;1-4H2. The van der Waals surface area contributed by atoms with Gasteiger partial charge < -0.3 is 4.74 Å². The molecular weight excluding hydrogens is 188 g/mol. The molecule has 2 rings (SSSR count). The maximum absolute atomic E-state index is 11.0. The highest BCUT2D eigenvalue weighted by atomic mass is 16.5. The van der Waals surface area contributed by atoms with Crippen LogP contribution in [0.1, 0.15) is 36.5 Å². The lowest BCUT2D eigenvalue weighted by atomic mass is 10.1. The van der Waals surface area contributed by atoms with Crippen molar-refractivity contribution in [2.45, 2.75) is 26.2 Å². The molecule has 1 aliphatic heterocycles. The van der Waals surface area contributed by atoms with Crippen LogP contribution in [0.25, 0.3) is 0 Å². The summed E-state index contributed by atoms with van der Waals surface area (Å²) >= 11 is 0. The molecule has 0 atom stereocenters. The number of ketones is 1. The van der Waals surface area contributed by atoms with Gasteiger partial charge in [-0.1, -0.05) is 37.3 Å². The van der Waals surface area contributed by atoms with E-state index >= 15 is 0 Å². The second kappa shape index (κ2) is 7.18. The first kappa shape index (κ1) is 11.9. The number of rotatable bonds is 2. The Labute approximate surface area is 91.3 Å². The van der Waals surface area contributed by atoms with Crippen molar-refractivity contribution in [1.29, 1.82) is 0 Å². The fraction of sp³-hybridized carbons (Fsp3) is 0.462. The Hall–Kier alpha value is -1.15. The second-order valence-electron chi connectivity index (χ2n) is 3.46. The fourth-order valence-corrected chi connectivity index (χ4v) is 1.34. The highest BCUT2D eigenvalue weighted by Gasteiger charge is 1.98. The van der Waals surface area contributed by atoms with E-state index in [9.17, 15) is 4.79 Å². The molecule has 2 nitrogen and oxygen atoms in total. The van der Waals surface area contributed by atoms with Gasteiger partial charge in [0.2, 0.25) is 0 Å². The average Bonchev–Trinajstić information content (AvgIpc) is 2.88. The SMILES string of the molecule is C1CCOC1.CCC(=O)c1ccccc1. The molecule has 0 bridgehead atoms. The van der Waals surface area contributed by atoms with Crippen LogP contribution in [0.4, 0.5) is 0 Å². The summed E-state index contributed by atoms with van der Waals surface area (Å²) in [6.07, 6.45) is 3.14. The summed E-state index contributed by atoms with van der Waals surface area (Å²) < 4.78 is 4.94. The Morgan fingerprint density at radius 1 is 1.20 bits per heavy atom. The monoisotopic (exact) mass is 206 g/mol. The van der Waals surface area contributed by atoms with Gasteiger partial charge >= 0.3 is 0 Å². The van der Waals surface area contributed by atoms with Crippen molar-refractivity contribution in [3.05, 3.63) is 35.9 Å². The van der Waals surface area contributed by atoms with Crippen molar-refractivity contribution in [3.8, 4) is 0 Å². The molecule has 1 fully saturated rings. The number of hydrogen-bond donors (Lipinski definition) is 0. The van der Waals surface area contributed by atoms with Crippen LogP contribution < -0.4 is 0 Å². The highest BCUT2D eigenvalue weighted by Crippen LogP contribution is 2.01. The van der Waals surface area contributed by atoms with E-state index < -0.39 is 0 Å². The number of carbonyl (C=O) groups excluding carboxylic acids is 1. The van der Waals surface area contributed by atoms with Crippen LogP contribution in [0.3, 0.4) is 0 Å². The number of hydrogen-bond acceptors (Lipinski definition) is 2. The van der Waals surface area contributed by atoms with E-state index in [0.29, 0.717) is 6.42 Å². The molecular formula is C13H18O2. The lowest BCUT2D eigenvalue weighted by Crippen LogP contribution is -1.94. The highest BCUT2D eigenvalue weighted by molar-refractivity contribution is 5.95. The molecule has 1 aromatic carbocycles. The van der Waals surface area contributed by atoms with E-state index in [1.165, 1.54) is 12.8 Å². The van der Waals surface area contributed by atoms with Crippen LogP contribution in [0, 0.1) is 0 Å². The molecule has 0 aromatic heterocycles. The molecule has 1 heterocycles. The van der Waals surface area contributed by atoms with E-state index in [4.69, 9.17) is 4.74 Å². The van der Waals surface area contributed by atoms with Crippen molar-refractivity contribution in [1.82, 2.24) is 0 Å². The van der Waals surface area contributed by atoms with Gasteiger partial charge in [-0.25, -0.2) is 0 Å². The molecule has 0 amide bonds. The van der Waals surface area contributed by atoms with E-state index in [-0.39, 0.29) is 5.78 Å². The number of ether oxygens (including phenoxy) is 1. The van der Waals surface area contributed by atoms with Crippen LogP contribution in [0.15, 0.2) is 30.3 Å². The van der Waals surface area contributed by atoms with Gasteiger partial charge in [0.25, 0.3) is 0 Å². The predicted octanol–water partition coefficient (Wildman–Crippen LogP) is 3.08. The maximum Gasteiger partial charge on any atom is 0.162 e. The summed E-state index contributed by atoms with van der Waals surface area (Å²) in [5.41, 5.74) is 0.810. The average molecular weight is 206 g/mol. The fourth-order valence-electron chi connectivity index (χ4n) is 1.34. The minimum atomic E-state index is 0.209. The van der Waals surface area contributed by atoms with Crippen molar-refractivity contribution in [2.24, 2.45) is 0 Å². The largest absolute Gasteiger partial charge is 0.381 e. The Morgan fingerprint density at radius 3 is 2.20 bits per heavy atom. The molecule has 82 valence electrons. The maximum atomic E-state index is 11.0. The number of benzene rings is 1. The van der Waals surface area contributed by atoms with E-state index in [1.54, 1.807) is 0 Å². The van der Waals surface area contributed by atoms with Gasteiger partial charge in [0.05, 0.1) is 0 Å². The zero-order valence-corrected chi connectivity index (χ0v) is 9.24. The molecule has 0 unspecified atom stereocenters. The third-order valence-corrected chi connectivity index (χ3v) is 2.24. The summed E-state index contributed by atoms with van der Waals surface area (Å²) in [5, 5.41) is 0. The van der Waals surface area contributed by atoms with Gasteiger partial charge in [-0.05, 0) is 12.8 Å². The van der Waals surface area contributed by atoms with Gasteiger partial charge in [0.15, 0.2) is 5.78 Å². The van der Waals surface area contributed by atoms with Crippen LogP contribution in [0.2, 0.25) is 0 Å². The van der Waals surface area contributed by atoms with E-state index in [1.807, 2.05) is 37.3 Å². The topological polar surface area (TPSA) is 26.3 Å². The lowest BCUT2D eigenvalue weighted by Gasteiger charge is -1.93. The van der Waals surface area contributed by atoms with E-state index in [0.717, 1.165) is 18.8 Å². The minimum Gasteiger partial charge on any atom is -0.381 e. The van der Waals surface area contributed by atoms with E-state index in [2.05, 4.69) is 0 Å². The first-order valence-electron chi connectivity index (χ1n) is 5.50. The second-order valence-corrected chi connectivity index (χ2v) is 3.46. The molecule has 1 saturated heterocycles. The summed E-state index contributed by atoms with van der Waals surface area (Å²) in [6, 6.07) is 9.34. The molecule has 0 saturated carbocycles. The first-order valence-corrected chi connectivity index (χ1v) is 5.50. The van der Waals surface area contributed by atoms with Gasteiger partial charge in [0, 0.05) is 25.2 Å². The summed E-state index contributed by atoms with van der Waals surface area (Å²) in [5.74, 6) is 0.209. The first-order chi connectivity index (χ1) is 7.34.